The van der Waals surface area contributed by atoms with Gasteiger partial charge in [-0.05, 0) is 6.92 Å². The van der Waals surface area contributed by atoms with Gasteiger partial charge in [-0.15, -0.1) is 0 Å². The monoisotopic (exact) mass is 158 g/mol. The second-order valence-corrected chi connectivity index (χ2v) is 1.69. The Hall–Kier alpha value is -1.05. The number of carbonyl (C=O) groups is 1. The highest BCUT2D eigenvalue weighted by Gasteiger charge is 1.96. The van der Waals surface area contributed by atoms with Crippen LogP contribution in [0, 0.1) is 11.8 Å². The minimum atomic E-state index is -1.17. The molecule has 1 atom stereocenters. The van der Waals surface area contributed by atoms with Crippen molar-refractivity contribution in [3.8, 4) is 11.8 Å². The number of esters is 1. The maximum Gasteiger partial charge on any atom is 0.384 e. The van der Waals surface area contributed by atoms with Crippen molar-refractivity contribution in [1.29, 1.82) is 0 Å². The molecular weight excluding hydrogens is 148 g/mol. The molecule has 0 aromatic heterocycles. The highest BCUT2D eigenvalue weighted by molar-refractivity contribution is 5.88. The Morgan fingerprint density at radius 2 is 2.36 bits per heavy atom. The molecule has 2 N–H and O–H groups in total. The first-order chi connectivity index (χ1) is 5.20. The maximum absolute atomic E-state index is 10.5. The van der Waals surface area contributed by atoms with Gasteiger partial charge in [0.05, 0.1) is 13.2 Å². The molecule has 4 nitrogen and oxygen atoms in total. The first-order valence-electron chi connectivity index (χ1n) is 3.18. The van der Waals surface area contributed by atoms with Gasteiger partial charge < -0.3 is 14.9 Å². The molecule has 0 aromatic carbocycles. The summed E-state index contributed by atoms with van der Waals surface area (Å²) in [6, 6.07) is 0. The van der Waals surface area contributed by atoms with E-state index < -0.39 is 18.7 Å². The SMILES string of the molecule is CCOC(=O)C#C[C@H](O)CO. The molecule has 0 spiro atoms. The largest absolute Gasteiger partial charge is 0.456 e. The molecular formula is C7H10O4. The normalized spacial score (nSPS) is 11.2. The molecule has 0 saturated carbocycles. The second kappa shape index (κ2) is 5.71. The summed E-state index contributed by atoms with van der Waals surface area (Å²) >= 11 is 0. The highest BCUT2D eigenvalue weighted by atomic mass is 16.5. The number of aliphatic hydroxyl groups is 2. The first-order valence-corrected chi connectivity index (χ1v) is 3.18. The van der Waals surface area contributed by atoms with Crippen LogP contribution < -0.4 is 0 Å². The third kappa shape index (κ3) is 5.40. The van der Waals surface area contributed by atoms with Crippen LogP contribution in [0.2, 0.25) is 0 Å². The van der Waals surface area contributed by atoms with E-state index >= 15 is 0 Å². The zero-order valence-electron chi connectivity index (χ0n) is 6.20. The molecule has 0 bridgehead atoms. The van der Waals surface area contributed by atoms with Gasteiger partial charge in [0.25, 0.3) is 0 Å². The average Bonchev–Trinajstić information content (AvgIpc) is 2.01. The van der Waals surface area contributed by atoms with Gasteiger partial charge in [0.1, 0.15) is 6.10 Å². The fraction of sp³-hybridized carbons (Fsp3) is 0.571. The van der Waals surface area contributed by atoms with E-state index in [9.17, 15) is 4.79 Å². The lowest BCUT2D eigenvalue weighted by atomic mass is 10.4. The van der Waals surface area contributed by atoms with Crippen molar-refractivity contribution in [3.63, 3.8) is 0 Å². The molecule has 0 rings (SSSR count). The number of carbonyl (C=O) groups excluding carboxylic acids is 1. The smallest absolute Gasteiger partial charge is 0.384 e. The summed E-state index contributed by atoms with van der Waals surface area (Å²) in [4.78, 5) is 10.5. The fourth-order valence-electron chi connectivity index (χ4n) is 0.355. The van der Waals surface area contributed by atoms with E-state index in [0.29, 0.717) is 0 Å². The Labute approximate surface area is 64.8 Å². The highest BCUT2D eigenvalue weighted by Crippen LogP contribution is 1.77. The van der Waals surface area contributed by atoms with Gasteiger partial charge in [0, 0.05) is 5.92 Å². The second-order valence-electron chi connectivity index (χ2n) is 1.69. The van der Waals surface area contributed by atoms with Crippen molar-refractivity contribution >= 4 is 5.97 Å². The van der Waals surface area contributed by atoms with E-state index in [-0.39, 0.29) is 6.61 Å². The number of hydrogen-bond donors (Lipinski definition) is 2. The molecule has 0 fully saturated rings. The van der Waals surface area contributed by atoms with E-state index in [1.54, 1.807) is 6.92 Å². The summed E-state index contributed by atoms with van der Waals surface area (Å²) in [5.74, 6) is 3.42. The fourth-order valence-corrected chi connectivity index (χ4v) is 0.355. The van der Waals surface area contributed by atoms with Crippen LogP contribution in [-0.4, -0.2) is 35.5 Å². The van der Waals surface area contributed by atoms with Crippen molar-refractivity contribution in [1.82, 2.24) is 0 Å². The molecule has 62 valence electrons. The van der Waals surface area contributed by atoms with E-state index in [0.717, 1.165) is 0 Å². The van der Waals surface area contributed by atoms with Crippen molar-refractivity contribution < 1.29 is 19.7 Å². The number of rotatable bonds is 2. The van der Waals surface area contributed by atoms with Gasteiger partial charge in [-0.1, -0.05) is 5.92 Å². The summed E-state index contributed by atoms with van der Waals surface area (Å²) in [5.41, 5.74) is 0. The van der Waals surface area contributed by atoms with E-state index in [1.165, 1.54) is 0 Å². The quantitative estimate of drug-likeness (QED) is 0.304. The Morgan fingerprint density at radius 1 is 1.73 bits per heavy atom. The summed E-state index contributed by atoms with van der Waals surface area (Å²) in [5, 5.41) is 16.9. The third-order valence-corrected chi connectivity index (χ3v) is 0.789. The third-order valence-electron chi connectivity index (χ3n) is 0.789. The predicted molar refractivity (Wildman–Crippen MR) is 37.5 cm³/mol. The molecule has 0 radical (unpaired) electrons. The molecule has 0 aliphatic rings. The van der Waals surface area contributed by atoms with Crippen LogP contribution in [0.5, 0.6) is 0 Å². The minimum Gasteiger partial charge on any atom is -0.456 e. The van der Waals surface area contributed by atoms with Gasteiger partial charge in [0.2, 0.25) is 0 Å². The summed E-state index contributed by atoms with van der Waals surface area (Å²) in [7, 11) is 0. The zero-order valence-corrected chi connectivity index (χ0v) is 6.20. The van der Waals surface area contributed by atoms with Crippen molar-refractivity contribution in [2.75, 3.05) is 13.2 Å². The maximum atomic E-state index is 10.5. The molecule has 0 saturated heterocycles. The standard InChI is InChI=1S/C7H10O4/c1-2-11-7(10)4-3-6(9)5-8/h6,8-9H,2,5H2,1H3/t6-/m0/s1. The van der Waals surface area contributed by atoms with Crippen LogP contribution >= 0.6 is 0 Å². The molecule has 4 heteroatoms. The van der Waals surface area contributed by atoms with Crippen LogP contribution in [0.3, 0.4) is 0 Å². The van der Waals surface area contributed by atoms with Crippen LogP contribution in [0.4, 0.5) is 0 Å². The van der Waals surface area contributed by atoms with Gasteiger partial charge in [-0.3, -0.25) is 0 Å². The lowest BCUT2D eigenvalue weighted by Crippen LogP contribution is -2.09. The number of hydrogen-bond acceptors (Lipinski definition) is 4. The zero-order chi connectivity index (χ0) is 8.69. The molecule has 0 aliphatic heterocycles. The number of aliphatic hydroxyl groups excluding tert-OH is 2. The summed E-state index contributed by atoms with van der Waals surface area (Å²) in [6.07, 6.45) is -1.17. The van der Waals surface area contributed by atoms with Crippen molar-refractivity contribution in [2.45, 2.75) is 13.0 Å². The predicted octanol–water partition coefficient (Wildman–Crippen LogP) is -1.09. The summed E-state index contributed by atoms with van der Waals surface area (Å²) < 4.78 is 4.43. The van der Waals surface area contributed by atoms with Gasteiger partial charge in [0.15, 0.2) is 0 Å². The Balaban J connectivity index is 3.76. The molecule has 0 heterocycles. The Bertz CT molecular complexity index is 177. The lowest BCUT2D eigenvalue weighted by Gasteiger charge is -1.94. The van der Waals surface area contributed by atoms with Gasteiger partial charge in [-0.25, -0.2) is 4.79 Å². The molecule has 0 unspecified atom stereocenters. The number of ether oxygens (including phenoxy) is 1. The minimum absolute atomic E-state index is 0.253. The van der Waals surface area contributed by atoms with Gasteiger partial charge in [-0.2, -0.15) is 0 Å². The van der Waals surface area contributed by atoms with Crippen LogP contribution in [-0.2, 0) is 9.53 Å². The Kier molecular flexibility index (Phi) is 5.17. The lowest BCUT2D eigenvalue weighted by molar-refractivity contribution is -0.136. The Morgan fingerprint density at radius 3 is 2.82 bits per heavy atom. The molecule has 11 heavy (non-hydrogen) atoms. The van der Waals surface area contributed by atoms with E-state index in [1.807, 2.05) is 5.92 Å². The first kappa shape index (κ1) is 9.95. The van der Waals surface area contributed by atoms with E-state index in [2.05, 4.69) is 10.7 Å². The van der Waals surface area contributed by atoms with Crippen molar-refractivity contribution in [2.24, 2.45) is 0 Å². The van der Waals surface area contributed by atoms with Crippen LogP contribution in [0.15, 0.2) is 0 Å². The summed E-state index contributed by atoms with van der Waals surface area (Å²) in [6.45, 7) is 1.43. The van der Waals surface area contributed by atoms with E-state index in [4.69, 9.17) is 10.2 Å². The van der Waals surface area contributed by atoms with Gasteiger partial charge >= 0.3 is 5.97 Å². The molecule has 0 amide bonds. The van der Waals surface area contributed by atoms with Crippen LogP contribution in [0.1, 0.15) is 6.92 Å². The molecule has 0 aromatic rings. The van der Waals surface area contributed by atoms with Crippen LogP contribution in [0.25, 0.3) is 0 Å². The average molecular weight is 158 g/mol. The molecule has 0 aliphatic carbocycles. The topological polar surface area (TPSA) is 66.8 Å². The van der Waals surface area contributed by atoms with Crippen molar-refractivity contribution in [3.05, 3.63) is 0 Å².